The molecule has 2 N–H and O–H groups in total. The summed E-state index contributed by atoms with van der Waals surface area (Å²) in [6, 6.07) is 0.991. The molecule has 0 saturated carbocycles. The van der Waals surface area contributed by atoms with Crippen LogP contribution in [0.5, 0.6) is 0 Å². The molecule has 0 amide bonds. The second-order valence-corrected chi connectivity index (χ2v) is 3.07. The molecule has 1 aliphatic heterocycles. The fourth-order valence-electron chi connectivity index (χ4n) is 1.58. The van der Waals surface area contributed by atoms with E-state index in [4.69, 9.17) is 0 Å². The summed E-state index contributed by atoms with van der Waals surface area (Å²) in [6.07, 6.45) is 7.18. The third kappa shape index (κ3) is 2.35. The van der Waals surface area contributed by atoms with Crippen LogP contribution in [-0.4, -0.2) is 12.6 Å². The largest absolute Gasteiger partial charge is 0.344 e. The van der Waals surface area contributed by atoms with Crippen molar-refractivity contribution in [2.24, 2.45) is 0 Å². The van der Waals surface area contributed by atoms with Crippen LogP contribution in [0.25, 0.3) is 0 Å². The summed E-state index contributed by atoms with van der Waals surface area (Å²) in [5.74, 6) is 0. The minimum absolute atomic E-state index is 0.991. The minimum atomic E-state index is 0.991. The normalized spacial score (nSPS) is 27.0. The molecule has 0 aromatic rings. The molecule has 0 aromatic carbocycles. The van der Waals surface area contributed by atoms with E-state index in [-0.39, 0.29) is 0 Å². The van der Waals surface area contributed by atoms with Crippen molar-refractivity contribution >= 4 is 0 Å². The number of unbranched alkanes of at least 4 members (excludes halogenated alkanes) is 1. The molecule has 1 fully saturated rings. The molecule has 1 atom stereocenters. The van der Waals surface area contributed by atoms with Gasteiger partial charge in [0.25, 0.3) is 0 Å². The Labute approximate surface area is 57.8 Å². The minimum Gasteiger partial charge on any atom is -0.344 e. The Hall–Kier alpha value is -0.0400. The molecule has 9 heavy (non-hydrogen) atoms. The van der Waals surface area contributed by atoms with Crippen molar-refractivity contribution in [1.82, 2.24) is 0 Å². The van der Waals surface area contributed by atoms with E-state index < -0.39 is 0 Å². The lowest BCUT2D eigenvalue weighted by Crippen LogP contribution is -2.86. The maximum atomic E-state index is 2.51. The predicted molar refractivity (Wildman–Crippen MR) is 39.3 cm³/mol. The predicted octanol–water partition coefficient (Wildman–Crippen LogP) is 0.902. The van der Waals surface area contributed by atoms with E-state index in [1.165, 1.54) is 38.6 Å². The second kappa shape index (κ2) is 3.89. The van der Waals surface area contributed by atoms with Crippen molar-refractivity contribution in [3.63, 3.8) is 0 Å². The fraction of sp³-hybridized carbons (Fsp3) is 1.00. The molecule has 1 nitrogen and oxygen atoms in total. The highest BCUT2D eigenvalue weighted by Crippen LogP contribution is 2.05. The molecule has 0 spiro atoms. The van der Waals surface area contributed by atoms with E-state index in [0.717, 1.165) is 6.04 Å². The van der Waals surface area contributed by atoms with E-state index in [9.17, 15) is 0 Å². The second-order valence-electron chi connectivity index (χ2n) is 3.07. The Morgan fingerprint density at radius 3 is 3.00 bits per heavy atom. The van der Waals surface area contributed by atoms with E-state index in [1.807, 2.05) is 0 Å². The van der Waals surface area contributed by atoms with Gasteiger partial charge < -0.3 is 5.32 Å². The number of hydrogen-bond acceptors (Lipinski definition) is 0. The first-order chi connectivity index (χ1) is 4.43. The van der Waals surface area contributed by atoms with Crippen molar-refractivity contribution in [2.45, 2.75) is 45.1 Å². The first-order valence-corrected chi connectivity index (χ1v) is 4.27. The zero-order valence-corrected chi connectivity index (χ0v) is 6.40. The summed E-state index contributed by atoms with van der Waals surface area (Å²) < 4.78 is 0. The van der Waals surface area contributed by atoms with E-state index in [2.05, 4.69) is 12.2 Å². The Kier molecular flexibility index (Phi) is 3.05. The molecule has 54 valence electrons. The van der Waals surface area contributed by atoms with Crippen molar-refractivity contribution in [2.75, 3.05) is 6.54 Å². The molecule has 1 saturated heterocycles. The molecule has 0 aliphatic carbocycles. The van der Waals surface area contributed by atoms with Crippen LogP contribution in [0, 0.1) is 0 Å². The van der Waals surface area contributed by atoms with Crippen molar-refractivity contribution in [3.8, 4) is 0 Å². The highest BCUT2D eigenvalue weighted by molar-refractivity contribution is 4.58. The first kappa shape index (κ1) is 7.07. The van der Waals surface area contributed by atoms with Crippen LogP contribution in [0.15, 0.2) is 0 Å². The van der Waals surface area contributed by atoms with Crippen LogP contribution in [-0.2, 0) is 0 Å². The van der Waals surface area contributed by atoms with Gasteiger partial charge in [-0.3, -0.25) is 0 Å². The fourth-order valence-corrected chi connectivity index (χ4v) is 1.58. The van der Waals surface area contributed by atoms with Crippen LogP contribution in [0.2, 0.25) is 0 Å². The van der Waals surface area contributed by atoms with Gasteiger partial charge in [0.1, 0.15) is 0 Å². The maximum absolute atomic E-state index is 2.51. The summed E-state index contributed by atoms with van der Waals surface area (Å²) in [5, 5.41) is 2.51. The summed E-state index contributed by atoms with van der Waals surface area (Å²) in [6.45, 7) is 3.66. The molecule has 1 rings (SSSR count). The van der Waals surface area contributed by atoms with E-state index >= 15 is 0 Å². The van der Waals surface area contributed by atoms with Gasteiger partial charge >= 0.3 is 0 Å². The number of hydrogen-bond donors (Lipinski definition) is 1. The molecular formula is C8H18N+. The molecular weight excluding hydrogens is 110 g/mol. The summed E-state index contributed by atoms with van der Waals surface area (Å²) in [5.41, 5.74) is 0. The van der Waals surface area contributed by atoms with Crippen LogP contribution in [0.3, 0.4) is 0 Å². The van der Waals surface area contributed by atoms with E-state index in [0.29, 0.717) is 0 Å². The quantitative estimate of drug-likeness (QED) is 0.581. The standard InChI is InChI=1S/C8H17N/c1-2-3-5-8-6-4-7-9-8/h8-9H,2-7H2,1H3/p+1/t8-/m0/s1. The van der Waals surface area contributed by atoms with Crippen LogP contribution < -0.4 is 5.32 Å². The van der Waals surface area contributed by atoms with E-state index in [1.54, 1.807) is 0 Å². The van der Waals surface area contributed by atoms with Gasteiger partial charge in [-0.05, 0) is 12.8 Å². The van der Waals surface area contributed by atoms with Crippen LogP contribution in [0.4, 0.5) is 0 Å². The molecule has 1 heterocycles. The smallest absolute Gasteiger partial charge is 0.0861 e. The van der Waals surface area contributed by atoms with Gasteiger partial charge in [-0.15, -0.1) is 0 Å². The monoisotopic (exact) mass is 128 g/mol. The van der Waals surface area contributed by atoms with Crippen molar-refractivity contribution in [1.29, 1.82) is 0 Å². The molecule has 0 bridgehead atoms. The van der Waals surface area contributed by atoms with Gasteiger partial charge in [0.15, 0.2) is 0 Å². The summed E-state index contributed by atoms with van der Waals surface area (Å²) in [7, 11) is 0. The lowest BCUT2D eigenvalue weighted by atomic mass is 10.1. The molecule has 0 radical (unpaired) electrons. The maximum Gasteiger partial charge on any atom is 0.0861 e. The molecule has 0 unspecified atom stereocenters. The third-order valence-electron chi connectivity index (χ3n) is 2.21. The van der Waals surface area contributed by atoms with Gasteiger partial charge in [0.05, 0.1) is 12.6 Å². The molecule has 1 heteroatoms. The van der Waals surface area contributed by atoms with Crippen molar-refractivity contribution < 1.29 is 5.32 Å². The number of rotatable bonds is 3. The lowest BCUT2D eigenvalue weighted by Gasteiger charge is -2.03. The zero-order chi connectivity index (χ0) is 6.53. The van der Waals surface area contributed by atoms with Gasteiger partial charge in [-0.25, -0.2) is 0 Å². The van der Waals surface area contributed by atoms with Crippen molar-refractivity contribution in [3.05, 3.63) is 0 Å². The highest BCUT2D eigenvalue weighted by atomic mass is 14.9. The lowest BCUT2D eigenvalue weighted by molar-refractivity contribution is -0.670. The summed E-state index contributed by atoms with van der Waals surface area (Å²) >= 11 is 0. The zero-order valence-electron chi connectivity index (χ0n) is 6.40. The average Bonchev–Trinajstić information content (AvgIpc) is 2.34. The molecule has 1 aliphatic rings. The average molecular weight is 128 g/mol. The van der Waals surface area contributed by atoms with Gasteiger partial charge in [-0.2, -0.15) is 0 Å². The highest BCUT2D eigenvalue weighted by Gasteiger charge is 2.16. The molecule has 0 aromatic heterocycles. The first-order valence-electron chi connectivity index (χ1n) is 4.27. The Bertz CT molecular complexity index is 65.0. The SMILES string of the molecule is CCCC[C@H]1CCC[NH2+]1. The van der Waals surface area contributed by atoms with Crippen LogP contribution >= 0.6 is 0 Å². The Balaban J connectivity index is 1.98. The number of nitrogens with two attached hydrogens (primary N) is 1. The Morgan fingerprint density at radius 2 is 2.44 bits per heavy atom. The summed E-state index contributed by atoms with van der Waals surface area (Å²) in [4.78, 5) is 0. The van der Waals surface area contributed by atoms with Gasteiger partial charge in [0, 0.05) is 12.8 Å². The Morgan fingerprint density at radius 1 is 1.56 bits per heavy atom. The van der Waals surface area contributed by atoms with Crippen LogP contribution in [0.1, 0.15) is 39.0 Å². The van der Waals surface area contributed by atoms with Gasteiger partial charge in [-0.1, -0.05) is 13.3 Å². The topological polar surface area (TPSA) is 16.6 Å². The number of quaternary nitrogens is 1. The third-order valence-corrected chi connectivity index (χ3v) is 2.21. The van der Waals surface area contributed by atoms with Gasteiger partial charge in [0.2, 0.25) is 0 Å².